The van der Waals surface area contributed by atoms with Crippen molar-refractivity contribution in [2.45, 2.75) is 0 Å². The maximum Gasteiger partial charge on any atom is 0.143 e. The van der Waals surface area contributed by atoms with Crippen LogP contribution in [-0.2, 0) is 0 Å². The van der Waals surface area contributed by atoms with Gasteiger partial charge in [0.1, 0.15) is 33.5 Å². The van der Waals surface area contributed by atoms with Crippen molar-refractivity contribution >= 4 is 162 Å². The Morgan fingerprint density at radius 2 is 0.532 bits per heavy atom. The van der Waals surface area contributed by atoms with Crippen LogP contribution in [0, 0.1) is 0 Å². The van der Waals surface area contributed by atoms with Gasteiger partial charge in [0.2, 0.25) is 0 Å². The highest BCUT2D eigenvalue weighted by Gasteiger charge is 2.22. The molecular weight excluding hydrogens is 1160 g/mol. The number of thiophene rings is 1. The van der Waals surface area contributed by atoms with E-state index < -0.39 is 0 Å². The van der Waals surface area contributed by atoms with Gasteiger partial charge in [-0.2, -0.15) is 0 Å². The number of hydrogen-bond donors (Lipinski definition) is 0. The average Bonchev–Trinajstić information content (AvgIpc) is 0.827. The summed E-state index contributed by atoms with van der Waals surface area (Å²) >= 11 is 1.87. The molecular formula is C90H52O3S. The predicted molar refractivity (Wildman–Crippen MR) is 400 cm³/mol. The van der Waals surface area contributed by atoms with Crippen LogP contribution >= 0.6 is 11.3 Å². The second-order valence-electron chi connectivity index (χ2n) is 24.9. The van der Waals surface area contributed by atoms with Crippen molar-refractivity contribution < 1.29 is 13.3 Å². The molecule has 0 N–H and O–H groups in total. The number of para-hydroxylation sites is 2. The first-order valence-corrected chi connectivity index (χ1v) is 32.9. The number of furan rings is 3. The minimum atomic E-state index is 0.903. The Kier molecular flexibility index (Phi) is 11.6. The third-order valence-corrected chi connectivity index (χ3v) is 20.8. The van der Waals surface area contributed by atoms with Gasteiger partial charge in [-0.3, -0.25) is 0 Å². The third kappa shape index (κ3) is 8.16. The van der Waals surface area contributed by atoms with Crippen LogP contribution in [0.2, 0.25) is 0 Å². The fourth-order valence-corrected chi connectivity index (χ4v) is 16.5. The normalized spacial score (nSPS) is 12.0. The first-order valence-electron chi connectivity index (χ1n) is 32.1. The van der Waals surface area contributed by atoms with Gasteiger partial charge in [0.15, 0.2) is 0 Å². The van der Waals surface area contributed by atoms with Crippen molar-refractivity contribution in [3.05, 3.63) is 315 Å². The largest absolute Gasteiger partial charge is 0.456 e. The van der Waals surface area contributed by atoms with Crippen LogP contribution in [0.5, 0.6) is 0 Å². The fraction of sp³-hybridized carbons (Fsp3) is 0. The summed E-state index contributed by atoms with van der Waals surface area (Å²) in [6.45, 7) is 0. The van der Waals surface area contributed by atoms with E-state index in [1.807, 2.05) is 23.5 Å². The van der Waals surface area contributed by atoms with E-state index in [4.69, 9.17) is 13.3 Å². The molecule has 0 aliphatic heterocycles. The second-order valence-corrected chi connectivity index (χ2v) is 26.0. The Hall–Kier alpha value is -12.1. The fourth-order valence-electron chi connectivity index (χ4n) is 15.4. The Labute approximate surface area is 542 Å². The number of rotatable bonds is 5. The van der Waals surface area contributed by atoms with Crippen LogP contribution in [0.1, 0.15) is 0 Å². The van der Waals surface area contributed by atoms with E-state index >= 15 is 0 Å². The van der Waals surface area contributed by atoms with Gasteiger partial charge in [-0.1, -0.05) is 237 Å². The van der Waals surface area contributed by atoms with Crippen LogP contribution in [0.15, 0.2) is 329 Å². The molecule has 21 aromatic rings. The lowest BCUT2D eigenvalue weighted by molar-refractivity contribution is 0.669. The molecule has 17 aromatic carbocycles. The Balaban J connectivity index is 0.000000130. The summed E-state index contributed by atoms with van der Waals surface area (Å²) in [6, 6.07) is 114. The molecule has 94 heavy (non-hydrogen) atoms. The topological polar surface area (TPSA) is 39.4 Å². The molecule has 0 fully saturated rings. The number of benzene rings is 17. The van der Waals surface area contributed by atoms with Crippen molar-refractivity contribution in [1.82, 2.24) is 0 Å². The monoisotopic (exact) mass is 1210 g/mol. The molecule has 436 valence electrons. The molecule has 21 rings (SSSR count). The summed E-state index contributed by atoms with van der Waals surface area (Å²) < 4.78 is 21.9. The second kappa shape index (κ2) is 20.7. The van der Waals surface area contributed by atoms with Crippen LogP contribution < -0.4 is 0 Å². The van der Waals surface area contributed by atoms with Gasteiger partial charge in [-0.15, -0.1) is 11.3 Å². The molecule has 0 spiro atoms. The smallest absolute Gasteiger partial charge is 0.143 e. The Bertz CT molecular complexity index is 6630. The van der Waals surface area contributed by atoms with Crippen molar-refractivity contribution in [1.29, 1.82) is 0 Å². The lowest BCUT2D eigenvalue weighted by Gasteiger charge is -2.18. The molecule has 0 radical (unpaired) electrons. The minimum absolute atomic E-state index is 0.903. The summed E-state index contributed by atoms with van der Waals surface area (Å²) in [5.74, 6) is 0. The number of hydrogen-bond acceptors (Lipinski definition) is 4. The summed E-state index contributed by atoms with van der Waals surface area (Å²) in [5, 5.41) is 24.3. The summed E-state index contributed by atoms with van der Waals surface area (Å²) in [5.41, 5.74) is 17.6. The minimum Gasteiger partial charge on any atom is -0.456 e. The summed E-state index contributed by atoms with van der Waals surface area (Å²) in [7, 11) is 0. The molecule has 4 heterocycles. The van der Waals surface area contributed by atoms with Crippen LogP contribution in [0.3, 0.4) is 0 Å². The lowest BCUT2D eigenvalue weighted by atomic mass is 9.85. The molecule has 3 nitrogen and oxygen atoms in total. The molecule has 0 atom stereocenters. The van der Waals surface area contributed by atoms with E-state index in [1.54, 1.807) is 0 Å². The van der Waals surface area contributed by atoms with Gasteiger partial charge < -0.3 is 13.3 Å². The zero-order valence-corrected chi connectivity index (χ0v) is 51.5. The standard InChI is InChI=1S/C48H28O2.C42H24OS/c1-2-12-30-28-45-42(26-29(30)11-1)41-27-33(23-24-44(41)49-45)47-38-18-5-3-16-36(38)46(37-17-4-6-19-39(37)47)32-14-9-13-31(25-32)34-20-10-21-40-35-15-7-8-22-43(35)50-48(34)40;1-2-10-26-24-38-35(21-25(26)9-1)34-22-27(17-19-37(34)43-38)41-30-12-3-5-14-32(30)42(33-15-6-4-13-31(33)41)28-18-20-40-36(23-28)29-11-7-8-16-39(29)44-40/h1-28H;1-24H. The van der Waals surface area contributed by atoms with Gasteiger partial charge >= 0.3 is 0 Å². The van der Waals surface area contributed by atoms with Gasteiger partial charge in [0.05, 0.1) is 0 Å². The highest BCUT2D eigenvalue weighted by molar-refractivity contribution is 7.25. The maximum atomic E-state index is 6.45. The summed E-state index contributed by atoms with van der Waals surface area (Å²) in [4.78, 5) is 0. The average molecular weight is 1210 g/mol. The Morgan fingerprint density at radius 1 is 0.181 bits per heavy atom. The van der Waals surface area contributed by atoms with E-state index in [9.17, 15) is 0 Å². The van der Waals surface area contributed by atoms with E-state index in [1.165, 1.54) is 129 Å². The highest BCUT2D eigenvalue weighted by Crippen LogP contribution is 2.49. The van der Waals surface area contributed by atoms with E-state index in [0.717, 1.165) is 76.9 Å². The molecule has 0 aliphatic rings. The Morgan fingerprint density at radius 3 is 1.04 bits per heavy atom. The van der Waals surface area contributed by atoms with E-state index in [2.05, 4.69) is 303 Å². The molecule has 4 heteroatoms. The SMILES string of the molecule is c1cc(-c2c3ccccc3c(-c3ccc4oc5cc6ccccc6cc5c4c3)c3ccccc23)cc(-c2cccc3c2oc2ccccc23)c1.c1ccc2cc3c(cc2c1)oc1ccc(-c2c4ccccc4c(-c4ccc5sc6ccccc6c5c4)c4ccccc24)cc13. The van der Waals surface area contributed by atoms with Crippen LogP contribution in [0.4, 0.5) is 0 Å². The maximum absolute atomic E-state index is 6.45. The molecule has 0 amide bonds. The third-order valence-electron chi connectivity index (χ3n) is 19.6. The van der Waals surface area contributed by atoms with Gasteiger partial charge in [-0.05, 0) is 194 Å². The van der Waals surface area contributed by atoms with Crippen LogP contribution in [0.25, 0.3) is 206 Å². The quantitative estimate of drug-likeness (QED) is 0.161. The molecule has 0 unspecified atom stereocenters. The molecule has 0 bridgehead atoms. The van der Waals surface area contributed by atoms with Crippen molar-refractivity contribution in [3.63, 3.8) is 0 Å². The van der Waals surface area contributed by atoms with Crippen molar-refractivity contribution in [3.8, 4) is 55.6 Å². The molecule has 0 saturated heterocycles. The number of fused-ring (bicyclic) bond motifs is 18. The van der Waals surface area contributed by atoms with Crippen LogP contribution in [-0.4, -0.2) is 0 Å². The van der Waals surface area contributed by atoms with Gasteiger partial charge in [0, 0.05) is 58.1 Å². The predicted octanol–water partition coefficient (Wildman–Crippen LogP) is 26.7. The van der Waals surface area contributed by atoms with E-state index in [0.29, 0.717) is 0 Å². The molecule has 0 aliphatic carbocycles. The molecule has 4 aromatic heterocycles. The zero-order valence-electron chi connectivity index (χ0n) is 50.7. The van der Waals surface area contributed by atoms with Crippen molar-refractivity contribution in [2.24, 2.45) is 0 Å². The molecule has 0 saturated carbocycles. The van der Waals surface area contributed by atoms with Gasteiger partial charge in [-0.25, -0.2) is 0 Å². The van der Waals surface area contributed by atoms with Gasteiger partial charge in [0.25, 0.3) is 0 Å². The zero-order chi connectivity index (χ0) is 61.5. The van der Waals surface area contributed by atoms with E-state index in [-0.39, 0.29) is 0 Å². The lowest BCUT2D eigenvalue weighted by Crippen LogP contribution is -1.91. The van der Waals surface area contributed by atoms with Crippen molar-refractivity contribution in [2.75, 3.05) is 0 Å². The first kappa shape index (κ1) is 52.7. The first-order chi connectivity index (χ1) is 46.6. The highest BCUT2D eigenvalue weighted by atomic mass is 32.1. The summed E-state index contributed by atoms with van der Waals surface area (Å²) in [6.07, 6.45) is 0.